The zero-order valence-corrected chi connectivity index (χ0v) is 11.8. The van der Waals surface area contributed by atoms with Gasteiger partial charge in [0.25, 0.3) is 5.69 Å². The van der Waals surface area contributed by atoms with Gasteiger partial charge < -0.3 is 20.0 Å². The van der Waals surface area contributed by atoms with Crippen LogP contribution in [0.25, 0.3) is 0 Å². The van der Waals surface area contributed by atoms with Crippen LogP contribution in [0, 0.1) is 10.1 Å². The predicted molar refractivity (Wildman–Crippen MR) is 72.9 cm³/mol. The maximum absolute atomic E-state index is 11.6. The minimum absolute atomic E-state index is 0.124. The number of phenolic OH excluding ortho intramolecular Hbond substituents is 1. The van der Waals surface area contributed by atoms with E-state index in [0.29, 0.717) is 6.29 Å². The van der Waals surface area contributed by atoms with Gasteiger partial charge in [-0.05, 0) is 32.9 Å². The van der Waals surface area contributed by atoms with Gasteiger partial charge in [0.1, 0.15) is 23.7 Å². The molecular weight excluding hydrogens is 280 g/mol. The van der Waals surface area contributed by atoms with E-state index in [0.717, 1.165) is 18.2 Å². The number of amides is 1. The first-order valence-corrected chi connectivity index (χ1v) is 6.06. The molecule has 8 heteroatoms. The molecule has 0 aromatic heterocycles. The first-order chi connectivity index (χ1) is 9.64. The number of aldehydes is 1. The minimum Gasteiger partial charge on any atom is -0.508 e. The lowest BCUT2D eigenvalue weighted by molar-refractivity contribution is -0.385. The monoisotopic (exact) mass is 296 g/mol. The largest absolute Gasteiger partial charge is 0.508 e. The van der Waals surface area contributed by atoms with E-state index >= 15 is 0 Å². The zero-order chi connectivity index (χ0) is 16.2. The highest BCUT2D eigenvalue weighted by Gasteiger charge is 2.26. The van der Waals surface area contributed by atoms with Crippen molar-refractivity contribution in [3.05, 3.63) is 33.9 Å². The number of alkyl carbamates (subject to hydrolysis) is 1. The Morgan fingerprint density at radius 3 is 2.57 bits per heavy atom. The molecule has 1 atom stereocenters. The fourth-order valence-electron chi connectivity index (χ4n) is 1.58. The summed E-state index contributed by atoms with van der Waals surface area (Å²) in [5.74, 6) is -0.256. The lowest BCUT2D eigenvalue weighted by atomic mass is 10.1. The standard InChI is InChI=1S/C13H16N2O6/c1-13(2,3)21-12(18)14-10(7-16)9-6-8(17)4-5-11(9)15(19)20/h4-7,10,17H,1-3H3,(H,14,18). The van der Waals surface area contributed by atoms with Gasteiger partial charge in [0.05, 0.1) is 10.5 Å². The maximum Gasteiger partial charge on any atom is 0.408 e. The van der Waals surface area contributed by atoms with Crippen molar-refractivity contribution >= 4 is 18.1 Å². The van der Waals surface area contributed by atoms with Crippen LogP contribution < -0.4 is 5.32 Å². The Hall–Kier alpha value is -2.64. The van der Waals surface area contributed by atoms with Crippen LogP contribution in [0.4, 0.5) is 10.5 Å². The Morgan fingerprint density at radius 1 is 1.48 bits per heavy atom. The van der Waals surface area contributed by atoms with Gasteiger partial charge in [-0.15, -0.1) is 0 Å². The number of nitro groups is 1. The number of nitro benzene ring substituents is 1. The molecule has 0 radical (unpaired) electrons. The second kappa shape index (κ2) is 6.21. The van der Waals surface area contributed by atoms with Gasteiger partial charge in [-0.1, -0.05) is 0 Å². The first kappa shape index (κ1) is 16.4. The number of phenols is 1. The fraction of sp³-hybridized carbons (Fsp3) is 0.385. The van der Waals surface area contributed by atoms with E-state index in [-0.39, 0.29) is 17.0 Å². The summed E-state index contributed by atoms with van der Waals surface area (Å²) >= 11 is 0. The van der Waals surface area contributed by atoms with Crippen molar-refractivity contribution in [1.82, 2.24) is 5.32 Å². The van der Waals surface area contributed by atoms with Gasteiger partial charge in [0.2, 0.25) is 0 Å². The van der Waals surface area contributed by atoms with Gasteiger partial charge >= 0.3 is 6.09 Å². The van der Waals surface area contributed by atoms with E-state index in [9.17, 15) is 24.8 Å². The van der Waals surface area contributed by atoms with Gasteiger partial charge in [-0.25, -0.2) is 4.79 Å². The predicted octanol–water partition coefficient (Wildman–Crippen LogP) is 2.07. The van der Waals surface area contributed by atoms with Crippen molar-refractivity contribution in [3.63, 3.8) is 0 Å². The van der Waals surface area contributed by atoms with E-state index in [2.05, 4.69) is 5.32 Å². The third-order valence-corrected chi connectivity index (χ3v) is 2.35. The summed E-state index contributed by atoms with van der Waals surface area (Å²) in [7, 11) is 0. The molecule has 0 spiro atoms. The van der Waals surface area contributed by atoms with E-state index in [1.165, 1.54) is 0 Å². The van der Waals surface area contributed by atoms with Crippen LogP contribution in [0.1, 0.15) is 32.4 Å². The number of nitrogens with zero attached hydrogens (tertiary/aromatic N) is 1. The van der Waals surface area contributed by atoms with E-state index in [4.69, 9.17) is 4.74 Å². The Balaban J connectivity index is 3.05. The van der Waals surface area contributed by atoms with Crippen molar-refractivity contribution < 1.29 is 24.4 Å². The topological polar surface area (TPSA) is 119 Å². The average molecular weight is 296 g/mol. The summed E-state index contributed by atoms with van der Waals surface area (Å²) in [5, 5.41) is 22.6. The number of hydrogen-bond donors (Lipinski definition) is 2. The smallest absolute Gasteiger partial charge is 0.408 e. The molecule has 1 unspecified atom stereocenters. The van der Waals surface area contributed by atoms with Gasteiger partial charge in [-0.2, -0.15) is 0 Å². The molecule has 0 aliphatic carbocycles. The third-order valence-electron chi connectivity index (χ3n) is 2.35. The Morgan fingerprint density at radius 2 is 2.10 bits per heavy atom. The van der Waals surface area contributed by atoms with Crippen LogP contribution in [-0.4, -0.2) is 28.0 Å². The van der Waals surface area contributed by atoms with Crippen molar-refractivity contribution in [1.29, 1.82) is 0 Å². The van der Waals surface area contributed by atoms with Crippen LogP contribution in [0.3, 0.4) is 0 Å². The molecule has 0 aliphatic rings. The molecular formula is C13H16N2O6. The maximum atomic E-state index is 11.6. The molecule has 1 aromatic rings. The van der Waals surface area contributed by atoms with E-state index in [1.807, 2.05) is 0 Å². The number of rotatable bonds is 4. The van der Waals surface area contributed by atoms with E-state index < -0.39 is 22.7 Å². The highest BCUT2D eigenvalue weighted by atomic mass is 16.6. The Bertz CT molecular complexity index is 564. The number of carbonyl (C=O) groups excluding carboxylic acids is 2. The minimum atomic E-state index is -1.30. The van der Waals surface area contributed by atoms with Crippen LogP contribution in [0.5, 0.6) is 5.75 Å². The first-order valence-electron chi connectivity index (χ1n) is 6.06. The number of hydrogen-bond acceptors (Lipinski definition) is 6. The molecule has 1 amide bonds. The summed E-state index contributed by atoms with van der Waals surface area (Å²) in [6, 6.07) is 1.93. The number of carbonyl (C=O) groups is 2. The SMILES string of the molecule is CC(C)(C)OC(=O)NC(C=O)c1cc(O)ccc1[N+](=O)[O-]. The third kappa shape index (κ3) is 4.75. The lowest BCUT2D eigenvalue weighted by Crippen LogP contribution is -2.35. The molecule has 1 rings (SSSR count). The van der Waals surface area contributed by atoms with E-state index in [1.54, 1.807) is 20.8 Å². The Kier molecular flexibility index (Phi) is 4.85. The molecule has 0 saturated heterocycles. The number of benzene rings is 1. The second-order valence-electron chi connectivity index (χ2n) is 5.26. The molecule has 8 nitrogen and oxygen atoms in total. The van der Waals surface area contributed by atoms with Crippen molar-refractivity contribution in [2.75, 3.05) is 0 Å². The normalized spacial score (nSPS) is 12.3. The summed E-state index contributed by atoms with van der Waals surface area (Å²) in [6.45, 7) is 4.91. The molecule has 0 heterocycles. The number of aromatic hydroxyl groups is 1. The number of ether oxygens (including phenoxy) is 1. The van der Waals surface area contributed by atoms with Crippen LogP contribution in [0.15, 0.2) is 18.2 Å². The molecule has 2 N–H and O–H groups in total. The molecule has 0 fully saturated rings. The summed E-state index contributed by atoms with van der Waals surface area (Å²) in [6.07, 6.45) is -0.566. The molecule has 0 aliphatic heterocycles. The average Bonchev–Trinajstić information content (AvgIpc) is 2.33. The second-order valence-corrected chi connectivity index (χ2v) is 5.26. The highest BCUT2D eigenvalue weighted by molar-refractivity contribution is 5.76. The fourth-order valence-corrected chi connectivity index (χ4v) is 1.58. The van der Waals surface area contributed by atoms with Crippen LogP contribution >= 0.6 is 0 Å². The molecule has 21 heavy (non-hydrogen) atoms. The summed E-state index contributed by atoms with van der Waals surface area (Å²) in [4.78, 5) is 33.0. The van der Waals surface area contributed by atoms with Crippen molar-refractivity contribution in [2.24, 2.45) is 0 Å². The Labute approximate surface area is 120 Å². The van der Waals surface area contributed by atoms with Gasteiger partial charge in [-0.3, -0.25) is 10.1 Å². The molecule has 114 valence electrons. The van der Waals surface area contributed by atoms with Gasteiger partial charge in [0.15, 0.2) is 0 Å². The molecule has 0 saturated carbocycles. The van der Waals surface area contributed by atoms with Crippen LogP contribution in [0.2, 0.25) is 0 Å². The quantitative estimate of drug-likeness (QED) is 0.498. The lowest BCUT2D eigenvalue weighted by Gasteiger charge is -2.21. The highest BCUT2D eigenvalue weighted by Crippen LogP contribution is 2.28. The molecule has 0 bridgehead atoms. The number of nitrogens with one attached hydrogen (secondary N) is 1. The summed E-state index contributed by atoms with van der Waals surface area (Å²) in [5.41, 5.74) is -1.29. The van der Waals surface area contributed by atoms with Crippen molar-refractivity contribution in [2.45, 2.75) is 32.4 Å². The van der Waals surface area contributed by atoms with Crippen molar-refractivity contribution in [3.8, 4) is 5.75 Å². The zero-order valence-electron chi connectivity index (χ0n) is 11.8. The van der Waals surface area contributed by atoms with Gasteiger partial charge in [0, 0.05) is 6.07 Å². The summed E-state index contributed by atoms with van der Waals surface area (Å²) < 4.78 is 4.98. The molecule has 1 aromatic carbocycles. The van der Waals surface area contributed by atoms with Crippen LogP contribution in [-0.2, 0) is 9.53 Å².